The van der Waals surface area contributed by atoms with E-state index in [9.17, 15) is 13.2 Å². The fraction of sp³-hybridized carbons (Fsp3) is 0.269. The highest BCUT2D eigenvalue weighted by atomic mass is 32.2. The summed E-state index contributed by atoms with van der Waals surface area (Å²) >= 11 is 0. The number of urea groups is 1. The van der Waals surface area contributed by atoms with E-state index in [2.05, 4.69) is 17.6 Å². The third kappa shape index (κ3) is 5.51. The number of ether oxygens (including phenoxy) is 1. The van der Waals surface area contributed by atoms with Gasteiger partial charge in [0, 0.05) is 17.9 Å². The summed E-state index contributed by atoms with van der Waals surface area (Å²) in [5.74, 6) is 0.758. The lowest BCUT2D eigenvalue weighted by Crippen LogP contribution is -2.35. The second kappa shape index (κ2) is 10.6. The number of amides is 2. The maximum absolute atomic E-state index is 13.3. The first-order chi connectivity index (χ1) is 16.5. The van der Waals surface area contributed by atoms with E-state index in [0.29, 0.717) is 30.2 Å². The summed E-state index contributed by atoms with van der Waals surface area (Å²) in [5, 5.41) is 5.60. The number of nitrogens with one attached hydrogen (secondary N) is 2. The van der Waals surface area contributed by atoms with Crippen molar-refractivity contribution < 1.29 is 17.9 Å². The van der Waals surface area contributed by atoms with Gasteiger partial charge in [-0.15, -0.1) is 0 Å². The van der Waals surface area contributed by atoms with E-state index in [-0.39, 0.29) is 4.90 Å². The molecule has 178 valence electrons. The Labute approximate surface area is 200 Å². The predicted molar refractivity (Wildman–Crippen MR) is 135 cm³/mol. The van der Waals surface area contributed by atoms with Crippen molar-refractivity contribution in [2.75, 3.05) is 28.1 Å². The van der Waals surface area contributed by atoms with E-state index in [4.69, 9.17) is 4.74 Å². The quantitative estimate of drug-likeness (QED) is 0.409. The predicted octanol–water partition coefficient (Wildman–Crippen LogP) is 5.65. The smallest absolute Gasteiger partial charge is 0.323 e. The Balaban J connectivity index is 1.46. The van der Waals surface area contributed by atoms with Crippen molar-refractivity contribution in [3.8, 4) is 5.75 Å². The summed E-state index contributed by atoms with van der Waals surface area (Å²) in [4.78, 5) is 12.8. The second-order valence-electron chi connectivity index (χ2n) is 8.14. The van der Waals surface area contributed by atoms with Crippen LogP contribution in [0, 0.1) is 0 Å². The molecule has 0 saturated heterocycles. The minimum atomic E-state index is -3.69. The van der Waals surface area contributed by atoms with Crippen LogP contribution in [0.3, 0.4) is 0 Å². The van der Waals surface area contributed by atoms with Gasteiger partial charge in [0.2, 0.25) is 0 Å². The number of benzene rings is 3. The molecule has 3 aromatic rings. The van der Waals surface area contributed by atoms with Crippen LogP contribution in [0.5, 0.6) is 5.75 Å². The lowest BCUT2D eigenvalue weighted by Gasteiger charge is -2.31. The maximum atomic E-state index is 13.3. The molecule has 1 aliphatic rings. The number of hydrogen-bond acceptors (Lipinski definition) is 4. The zero-order valence-corrected chi connectivity index (χ0v) is 20.0. The molecular formula is C26H29N3O4S. The lowest BCUT2D eigenvalue weighted by atomic mass is 10.0. The Morgan fingerprint density at radius 1 is 0.971 bits per heavy atom. The number of sulfonamides is 1. The first-order valence-corrected chi connectivity index (χ1v) is 12.9. The van der Waals surface area contributed by atoms with Gasteiger partial charge in [-0.2, -0.15) is 0 Å². The van der Waals surface area contributed by atoms with Crippen molar-refractivity contribution in [2.24, 2.45) is 0 Å². The molecule has 2 N–H and O–H groups in total. The van der Waals surface area contributed by atoms with Crippen LogP contribution in [0.1, 0.15) is 31.7 Å². The Hall–Kier alpha value is -3.52. The fourth-order valence-electron chi connectivity index (χ4n) is 3.85. The first kappa shape index (κ1) is 23.6. The Kier molecular flexibility index (Phi) is 7.37. The Morgan fingerprint density at radius 3 is 2.41 bits per heavy atom. The van der Waals surface area contributed by atoms with Crippen molar-refractivity contribution in [2.45, 2.75) is 37.5 Å². The molecule has 34 heavy (non-hydrogen) atoms. The molecule has 1 aliphatic heterocycles. The average molecular weight is 480 g/mol. The topological polar surface area (TPSA) is 87.7 Å². The molecule has 4 rings (SSSR count). The van der Waals surface area contributed by atoms with Gasteiger partial charge < -0.3 is 15.4 Å². The van der Waals surface area contributed by atoms with Gasteiger partial charge in [-0.1, -0.05) is 37.6 Å². The lowest BCUT2D eigenvalue weighted by molar-refractivity contribution is 0.262. The molecule has 0 spiro atoms. The molecule has 0 radical (unpaired) electrons. The van der Waals surface area contributed by atoms with Gasteiger partial charge in [-0.25, -0.2) is 13.2 Å². The standard InChI is InChI=1S/C26H29N3O4S/c1-2-3-18-33-23-15-13-21(14-16-23)27-26(30)28-22-12-11-20-8-7-17-29(25(20)19-22)34(31,32)24-9-5-4-6-10-24/h4-6,9-16,19H,2-3,7-8,17-18H2,1H3,(H2,27,28,30). The molecule has 8 heteroatoms. The molecule has 0 aliphatic carbocycles. The Bertz CT molecular complexity index is 1230. The van der Waals surface area contributed by atoms with Crippen LogP contribution < -0.4 is 19.7 Å². The van der Waals surface area contributed by atoms with Gasteiger partial charge in [0.15, 0.2) is 0 Å². The number of carbonyl (C=O) groups excluding carboxylic acids is 1. The number of aryl methyl sites for hydroxylation is 1. The van der Waals surface area contributed by atoms with E-state index in [1.165, 1.54) is 4.31 Å². The largest absolute Gasteiger partial charge is 0.494 e. The van der Waals surface area contributed by atoms with Gasteiger partial charge in [-0.05, 0) is 73.4 Å². The van der Waals surface area contributed by atoms with Gasteiger partial charge in [-0.3, -0.25) is 4.31 Å². The van der Waals surface area contributed by atoms with Crippen LogP contribution in [-0.4, -0.2) is 27.6 Å². The number of rotatable bonds is 8. The number of fused-ring (bicyclic) bond motifs is 1. The van der Waals surface area contributed by atoms with E-state index >= 15 is 0 Å². The van der Waals surface area contributed by atoms with E-state index in [1.54, 1.807) is 54.6 Å². The summed E-state index contributed by atoms with van der Waals surface area (Å²) in [6.07, 6.45) is 3.59. The number of nitrogens with zero attached hydrogens (tertiary/aromatic N) is 1. The fourth-order valence-corrected chi connectivity index (χ4v) is 5.40. The molecule has 0 atom stereocenters. The highest BCUT2D eigenvalue weighted by molar-refractivity contribution is 7.92. The van der Waals surface area contributed by atoms with Crippen molar-refractivity contribution in [1.29, 1.82) is 0 Å². The van der Waals surface area contributed by atoms with Crippen molar-refractivity contribution in [3.63, 3.8) is 0 Å². The second-order valence-corrected chi connectivity index (χ2v) is 10.0. The SMILES string of the molecule is CCCCOc1ccc(NC(=O)Nc2ccc3c(c2)N(S(=O)(=O)c2ccccc2)CCC3)cc1. The van der Waals surface area contributed by atoms with Gasteiger partial charge in [0.05, 0.1) is 17.2 Å². The molecule has 3 aromatic carbocycles. The van der Waals surface area contributed by atoms with Crippen molar-refractivity contribution in [3.05, 3.63) is 78.4 Å². The summed E-state index contributed by atoms with van der Waals surface area (Å²) in [5.41, 5.74) is 2.69. The summed E-state index contributed by atoms with van der Waals surface area (Å²) < 4.78 is 33.6. The summed E-state index contributed by atoms with van der Waals surface area (Å²) in [7, 11) is -3.69. The molecule has 7 nitrogen and oxygen atoms in total. The highest BCUT2D eigenvalue weighted by Crippen LogP contribution is 2.34. The first-order valence-electron chi connectivity index (χ1n) is 11.5. The number of unbranched alkanes of at least 4 members (excludes halogenated alkanes) is 1. The van der Waals surface area contributed by atoms with E-state index < -0.39 is 16.1 Å². The molecule has 0 aromatic heterocycles. The Morgan fingerprint density at radius 2 is 1.68 bits per heavy atom. The molecule has 1 heterocycles. The zero-order chi connectivity index (χ0) is 24.0. The van der Waals surface area contributed by atoms with Crippen LogP contribution in [0.25, 0.3) is 0 Å². The zero-order valence-electron chi connectivity index (χ0n) is 19.2. The van der Waals surface area contributed by atoms with Crippen molar-refractivity contribution >= 4 is 33.1 Å². The molecular weight excluding hydrogens is 450 g/mol. The molecule has 0 unspecified atom stereocenters. The summed E-state index contributed by atoms with van der Waals surface area (Å²) in [6, 6.07) is 20.6. The monoisotopic (exact) mass is 479 g/mol. The van der Waals surface area contributed by atoms with Crippen LogP contribution >= 0.6 is 0 Å². The van der Waals surface area contributed by atoms with Gasteiger partial charge >= 0.3 is 6.03 Å². The molecule has 2 amide bonds. The number of carbonyl (C=O) groups is 1. The van der Waals surface area contributed by atoms with Gasteiger partial charge in [0.25, 0.3) is 10.0 Å². The maximum Gasteiger partial charge on any atom is 0.323 e. The normalized spacial score (nSPS) is 13.1. The van der Waals surface area contributed by atoms with Crippen LogP contribution in [0.15, 0.2) is 77.7 Å². The highest BCUT2D eigenvalue weighted by Gasteiger charge is 2.29. The van der Waals surface area contributed by atoms with Crippen LogP contribution in [0.2, 0.25) is 0 Å². The van der Waals surface area contributed by atoms with E-state index in [0.717, 1.165) is 37.0 Å². The minimum Gasteiger partial charge on any atom is -0.494 e. The summed E-state index contributed by atoms with van der Waals surface area (Å²) in [6.45, 7) is 3.17. The average Bonchev–Trinajstić information content (AvgIpc) is 2.85. The number of anilines is 3. The van der Waals surface area contributed by atoms with Crippen LogP contribution in [0.4, 0.5) is 21.9 Å². The number of hydrogen-bond donors (Lipinski definition) is 2. The molecule has 0 saturated carbocycles. The van der Waals surface area contributed by atoms with E-state index in [1.807, 2.05) is 18.2 Å². The van der Waals surface area contributed by atoms with Gasteiger partial charge in [0.1, 0.15) is 5.75 Å². The third-order valence-corrected chi connectivity index (χ3v) is 7.46. The minimum absolute atomic E-state index is 0.251. The molecule has 0 bridgehead atoms. The van der Waals surface area contributed by atoms with Crippen molar-refractivity contribution in [1.82, 2.24) is 0 Å². The molecule has 0 fully saturated rings. The van der Waals surface area contributed by atoms with Crippen LogP contribution in [-0.2, 0) is 16.4 Å². The third-order valence-electron chi connectivity index (χ3n) is 5.63.